The highest BCUT2D eigenvalue weighted by Crippen LogP contribution is 2.18. The highest BCUT2D eigenvalue weighted by Gasteiger charge is 2.09. The van der Waals surface area contributed by atoms with Crippen molar-refractivity contribution in [2.75, 3.05) is 23.1 Å². The molecule has 4 heteroatoms. The van der Waals surface area contributed by atoms with Crippen molar-refractivity contribution in [3.05, 3.63) is 60.2 Å². The standard InChI is InChI=1S/C18H24N2OS/c1-15(2)22(21)14-20(3)18-11-9-17(10-12-18)19-13-16-7-5-4-6-8-16/h4-12,15,19H,13-14H2,1-3H3. The molecule has 3 nitrogen and oxygen atoms in total. The number of anilines is 2. The minimum Gasteiger partial charge on any atom is -0.381 e. The fourth-order valence-electron chi connectivity index (χ4n) is 2.05. The minimum atomic E-state index is -0.826. The van der Waals surface area contributed by atoms with Gasteiger partial charge in [0.15, 0.2) is 0 Å². The van der Waals surface area contributed by atoms with Gasteiger partial charge in [-0.15, -0.1) is 0 Å². The third-order valence-corrected chi connectivity index (χ3v) is 5.19. The molecule has 0 bridgehead atoms. The topological polar surface area (TPSA) is 32.3 Å². The molecule has 0 radical (unpaired) electrons. The molecule has 2 rings (SSSR count). The molecule has 2 aromatic carbocycles. The summed E-state index contributed by atoms with van der Waals surface area (Å²) in [5, 5.41) is 3.60. The maximum atomic E-state index is 11.9. The van der Waals surface area contributed by atoms with Gasteiger partial charge >= 0.3 is 0 Å². The van der Waals surface area contributed by atoms with E-state index in [2.05, 4.69) is 41.7 Å². The molecule has 2 aromatic rings. The Bertz CT molecular complexity index is 596. The molecule has 118 valence electrons. The van der Waals surface area contributed by atoms with Crippen molar-refractivity contribution in [2.45, 2.75) is 25.6 Å². The summed E-state index contributed by atoms with van der Waals surface area (Å²) < 4.78 is 11.9. The number of hydrogen-bond donors (Lipinski definition) is 1. The van der Waals surface area contributed by atoms with Gasteiger partial charge in [-0.3, -0.25) is 4.21 Å². The molecule has 22 heavy (non-hydrogen) atoms. The largest absolute Gasteiger partial charge is 0.381 e. The summed E-state index contributed by atoms with van der Waals surface area (Å²) in [4.78, 5) is 2.04. The summed E-state index contributed by atoms with van der Waals surface area (Å²) in [6, 6.07) is 18.6. The van der Waals surface area contributed by atoms with Gasteiger partial charge in [0, 0.05) is 41.0 Å². The van der Waals surface area contributed by atoms with Gasteiger partial charge in [0.25, 0.3) is 0 Å². The van der Waals surface area contributed by atoms with Crippen LogP contribution in [0.25, 0.3) is 0 Å². The van der Waals surface area contributed by atoms with E-state index < -0.39 is 10.8 Å². The molecule has 0 heterocycles. The van der Waals surface area contributed by atoms with Crippen LogP contribution in [0.4, 0.5) is 11.4 Å². The molecule has 1 unspecified atom stereocenters. The molecule has 0 saturated heterocycles. The Labute approximate surface area is 135 Å². The van der Waals surface area contributed by atoms with Gasteiger partial charge in [0.05, 0.1) is 5.88 Å². The summed E-state index contributed by atoms with van der Waals surface area (Å²) in [7, 11) is 1.15. The van der Waals surface area contributed by atoms with E-state index in [0.717, 1.165) is 17.9 Å². The van der Waals surface area contributed by atoms with Gasteiger partial charge in [-0.05, 0) is 29.8 Å². The lowest BCUT2D eigenvalue weighted by Gasteiger charge is -2.20. The summed E-state index contributed by atoms with van der Waals surface area (Å²) in [6.45, 7) is 4.79. The Kier molecular flexibility index (Phi) is 6.01. The number of benzene rings is 2. The van der Waals surface area contributed by atoms with E-state index in [1.807, 2.05) is 44.0 Å². The molecular formula is C18H24N2OS. The molecule has 0 spiro atoms. The van der Waals surface area contributed by atoms with Gasteiger partial charge < -0.3 is 10.2 Å². The average molecular weight is 316 g/mol. The Balaban J connectivity index is 1.91. The first-order valence-electron chi connectivity index (χ1n) is 7.52. The molecule has 0 aliphatic rings. The van der Waals surface area contributed by atoms with Crippen LogP contribution in [0.1, 0.15) is 19.4 Å². The lowest BCUT2D eigenvalue weighted by molar-refractivity contribution is 0.675. The van der Waals surface area contributed by atoms with Gasteiger partial charge in [0.2, 0.25) is 0 Å². The Morgan fingerprint density at radius 1 is 1.05 bits per heavy atom. The maximum absolute atomic E-state index is 11.9. The zero-order chi connectivity index (χ0) is 15.9. The number of hydrogen-bond acceptors (Lipinski definition) is 3. The molecule has 1 N–H and O–H groups in total. The van der Waals surface area contributed by atoms with E-state index in [4.69, 9.17) is 0 Å². The molecule has 0 fully saturated rings. The lowest BCUT2D eigenvalue weighted by Crippen LogP contribution is -2.25. The first kappa shape index (κ1) is 16.6. The maximum Gasteiger partial charge on any atom is 0.0937 e. The Morgan fingerprint density at radius 3 is 2.27 bits per heavy atom. The molecule has 1 atom stereocenters. The third-order valence-electron chi connectivity index (χ3n) is 3.49. The van der Waals surface area contributed by atoms with Crippen molar-refractivity contribution in [3.63, 3.8) is 0 Å². The van der Waals surface area contributed by atoms with E-state index in [-0.39, 0.29) is 5.25 Å². The van der Waals surface area contributed by atoms with Crippen molar-refractivity contribution in [3.8, 4) is 0 Å². The summed E-state index contributed by atoms with van der Waals surface area (Å²) in [5.74, 6) is 0.564. The zero-order valence-corrected chi connectivity index (χ0v) is 14.3. The average Bonchev–Trinajstić information content (AvgIpc) is 2.54. The van der Waals surface area contributed by atoms with Crippen molar-refractivity contribution in [2.24, 2.45) is 0 Å². The van der Waals surface area contributed by atoms with Gasteiger partial charge in [-0.25, -0.2) is 0 Å². The van der Waals surface area contributed by atoms with Crippen molar-refractivity contribution in [1.82, 2.24) is 0 Å². The second-order valence-electron chi connectivity index (χ2n) is 5.64. The smallest absolute Gasteiger partial charge is 0.0937 e. The van der Waals surface area contributed by atoms with Crippen LogP contribution in [0.3, 0.4) is 0 Å². The SMILES string of the molecule is CC(C)S(=O)CN(C)c1ccc(NCc2ccccc2)cc1. The number of nitrogens with one attached hydrogen (secondary N) is 1. The Hall–Kier alpha value is -1.81. The third kappa shape index (κ3) is 4.88. The second-order valence-corrected chi connectivity index (χ2v) is 7.61. The molecular weight excluding hydrogens is 292 g/mol. The van der Waals surface area contributed by atoms with Crippen LogP contribution >= 0.6 is 0 Å². The molecule has 0 aliphatic carbocycles. The van der Waals surface area contributed by atoms with E-state index >= 15 is 0 Å². The first-order chi connectivity index (χ1) is 10.6. The molecule has 0 aromatic heterocycles. The van der Waals surface area contributed by atoms with Crippen LogP contribution in [0.5, 0.6) is 0 Å². The highest BCUT2D eigenvalue weighted by molar-refractivity contribution is 7.85. The van der Waals surface area contributed by atoms with Crippen LogP contribution in [-0.2, 0) is 17.3 Å². The second kappa shape index (κ2) is 7.99. The van der Waals surface area contributed by atoms with Crippen LogP contribution in [0.15, 0.2) is 54.6 Å². The lowest BCUT2D eigenvalue weighted by atomic mass is 10.2. The minimum absolute atomic E-state index is 0.189. The fraction of sp³-hybridized carbons (Fsp3) is 0.333. The predicted octanol–water partition coefficient (Wildman–Crippen LogP) is 3.85. The van der Waals surface area contributed by atoms with E-state index in [9.17, 15) is 4.21 Å². The Morgan fingerprint density at radius 2 is 1.68 bits per heavy atom. The van der Waals surface area contributed by atoms with Gasteiger partial charge in [-0.2, -0.15) is 0 Å². The first-order valence-corrected chi connectivity index (χ1v) is 8.90. The molecule has 0 saturated carbocycles. The predicted molar refractivity (Wildman–Crippen MR) is 96.8 cm³/mol. The molecule has 0 aliphatic heterocycles. The van der Waals surface area contributed by atoms with Crippen LogP contribution in [0, 0.1) is 0 Å². The van der Waals surface area contributed by atoms with Crippen molar-refractivity contribution < 1.29 is 4.21 Å². The van der Waals surface area contributed by atoms with Crippen LogP contribution in [0.2, 0.25) is 0 Å². The zero-order valence-electron chi connectivity index (χ0n) is 13.5. The highest BCUT2D eigenvalue weighted by atomic mass is 32.2. The van der Waals surface area contributed by atoms with E-state index in [1.165, 1.54) is 5.56 Å². The van der Waals surface area contributed by atoms with E-state index in [0.29, 0.717) is 5.88 Å². The summed E-state index contributed by atoms with van der Waals surface area (Å²) >= 11 is 0. The van der Waals surface area contributed by atoms with Gasteiger partial charge in [0.1, 0.15) is 0 Å². The fourth-order valence-corrected chi connectivity index (χ4v) is 2.88. The monoisotopic (exact) mass is 316 g/mol. The molecule has 0 amide bonds. The van der Waals surface area contributed by atoms with Crippen molar-refractivity contribution >= 4 is 22.2 Å². The van der Waals surface area contributed by atoms with E-state index in [1.54, 1.807) is 0 Å². The number of nitrogens with zero attached hydrogens (tertiary/aromatic N) is 1. The normalized spacial score (nSPS) is 12.2. The van der Waals surface area contributed by atoms with Crippen molar-refractivity contribution in [1.29, 1.82) is 0 Å². The number of rotatable bonds is 7. The van der Waals surface area contributed by atoms with Gasteiger partial charge in [-0.1, -0.05) is 44.2 Å². The quantitative estimate of drug-likeness (QED) is 0.842. The summed E-state index contributed by atoms with van der Waals surface area (Å²) in [5.41, 5.74) is 3.43. The van der Waals surface area contributed by atoms with Crippen LogP contribution < -0.4 is 10.2 Å². The van der Waals surface area contributed by atoms with Crippen LogP contribution in [-0.4, -0.2) is 22.4 Å². The summed E-state index contributed by atoms with van der Waals surface area (Å²) in [6.07, 6.45) is 0.